The Morgan fingerprint density at radius 2 is 2.04 bits per heavy atom. The molecule has 0 radical (unpaired) electrons. The Bertz CT molecular complexity index is 709. The Morgan fingerprint density at radius 3 is 2.68 bits per heavy atom. The molecular weight excluding hydrogens is 427 g/mol. The molecule has 1 aromatic carbocycles. The molecule has 1 fully saturated rings. The standard InChI is InChI=1S/C19H28N4O.HI/c1-4-23(15-9-10-15)12-11-21-19(20-3)22-13-18-14(2)16-7-5-6-8-17(16)24-18;/h5-8,15H,4,9-13H2,1-3H3,(H2,20,21,22);1H. The Kier molecular flexibility index (Phi) is 7.56. The minimum atomic E-state index is 0. The number of rotatable bonds is 7. The molecule has 1 aromatic heterocycles. The van der Waals surface area contributed by atoms with Gasteiger partial charge in [0.05, 0.1) is 6.54 Å². The smallest absolute Gasteiger partial charge is 0.191 e. The first-order chi connectivity index (χ1) is 11.7. The summed E-state index contributed by atoms with van der Waals surface area (Å²) >= 11 is 0. The van der Waals surface area contributed by atoms with Crippen molar-refractivity contribution < 1.29 is 4.42 Å². The lowest BCUT2D eigenvalue weighted by Gasteiger charge is -2.20. The van der Waals surface area contributed by atoms with Gasteiger partial charge in [0.1, 0.15) is 11.3 Å². The van der Waals surface area contributed by atoms with Crippen LogP contribution in [0.25, 0.3) is 11.0 Å². The third-order valence-electron chi connectivity index (χ3n) is 4.74. The quantitative estimate of drug-likeness (QED) is 0.381. The third kappa shape index (κ3) is 5.10. The molecular formula is C19H29IN4O. The zero-order valence-electron chi connectivity index (χ0n) is 15.3. The van der Waals surface area contributed by atoms with E-state index in [0.717, 1.165) is 43.0 Å². The summed E-state index contributed by atoms with van der Waals surface area (Å²) in [5.74, 6) is 1.79. The second-order valence-corrected chi connectivity index (χ2v) is 6.36. The second-order valence-electron chi connectivity index (χ2n) is 6.36. The van der Waals surface area contributed by atoms with Gasteiger partial charge in [-0.3, -0.25) is 9.89 Å². The number of likely N-dealkylation sites (N-methyl/N-ethyl adjacent to an activating group) is 1. The fourth-order valence-corrected chi connectivity index (χ4v) is 3.13. The van der Waals surface area contributed by atoms with Crippen LogP contribution in [0.2, 0.25) is 0 Å². The Morgan fingerprint density at radius 1 is 1.28 bits per heavy atom. The van der Waals surface area contributed by atoms with Gasteiger partial charge in [0, 0.05) is 37.1 Å². The lowest BCUT2D eigenvalue weighted by Crippen LogP contribution is -2.41. The molecule has 0 aliphatic heterocycles. The maximum atomic E-state index is 5.94. The normalized spacial score (nSPS) is 14.6. The van der Waals surface area contributed by atoms with Crippen LogP contribution < -0.4 is 10.6 Å². The van der Waals surface area contributed by atoms with Crippen molar-refractivity contribution in [1.82, 2.24) is 15.5 Å². The molecule has 0 spiro atoms. The van der Waals surface area contributed by atoms with Gasteiger partial charge in [-0.05, 0) is 32.4 Å². The third-order valence-corrected chi connectivity index (χ3v) is 4.74. The number of benzene rings is 1. The molecule has 2 aromatic rings. The summed E-state index contributed by atoms with van der Waals surface area (Å²) in [6, 6.07) is 8.97. The first-order valence-corrected chi connectivity index (χ1v) is 8.88. The summed E-state index contributed by atoms with van der Waals surface area (Å²) in [5.41, 5.74) is 2.14. The number of guanidine groups is 1. The van der Waals surface area contributed by atoms with E-state index in [0.29, 0.717) is 6.54 Å². The van der Waals surface area contributed by atoms with Crippen molar-refractivity contribution >= 4 is 40.9 Å². The van der Waals surface area contributed by atoms with Crippen LogP contribution in [0.3, 0.4) is 0 Å². The minimum absolute atomic E-state index is 0. The van der Waals surface area contributed by atoms with Gasteiger partial charge in [-0.15, -0.1) is 24.0 Å². The summed E-state index contributed by atoms with van der Waals surface area (Å²) in [6.07, 6.45) is 2.71. The van der Waals surface area contributed by atoms with Crippen LogP contribution >= 0.6 is 24.0 Å². The summed E-state index contributed by atoms with van der Waals surface area (Å²) in [7, 11) is 1.80. The van der Waals surface area contributed by atoms with Gasteiger partial charge < -0.3 is 15.1 Å². The molecule has 5 nitrogen and oxygen atoms in total. The Balaban J connectivity index is 0.00000225. The predicted octanol–water partition coefficient (Wildman–Crippen LogP) is 3.51. The number of fused-ring (bicyclic) bond motifs is 1. The van der Waals surface area contributed by atoms with E-state index in [1.54, 1.807) is 7.05 Å². The molecule has 0 saturated heterocycles. The van der Waals surface area contributed by atoms with Crippen molar-refractivity contribution in [2.75, 3.05) is 26.7 Å². The molecule has 0 unspecified atom stereocenters. The molecule has 0 amide bonds. The van der Waals surface area contributed by atoms with Crippen molar-refractivity contribution in [3.63, 3.8) is 0 Å². The molecule has 25 heavy (non-hydrogen) atoms. The largest absolute Gasteiger partial charge is 0.459 e. The monoisotopic (exact) mass is 456 g/mol. The van der Waals surface area contributed by atoms with Gasteiger partial charge >= 0.3 is 0 Å². The molecule has 1 saturated carbocycles. The van der Waals surface area contributed by atoms with Crippen molar-refractivity contribution in [3.8, 4) is 0 Å². The fraction of sp³-hybridized carbons (Fsp3) is 0.526. The number of para-hydroxylation sites is 1. The van der Waals surface area contributed by atoms with E-state index in [4.69, 9.17) is 4.42 Å². The van der Waals surface area contributed by atoms with E-state index in [1.165, 1.54) is 23.8 Å². The van der Waals surface area contributed by atoms with Crippen LogP contribution in [-0.4, -0.2) is 43.6 Å². The first kappa shape index (κ1) is 20.0. The average Bonchev–Trinajstić information content (AvgIpc) is 3.40. The molecule has 138 valence electrons. The second kappa shape index (κ2) is 9.43. The highest BCUT2D eigenvalue weighted by Crippen LogP contribution is 2.26. The van der Waals surface area contributed by atoms with E-state index >= 15 is 0 Å². The lowest BCUT2D eigenvalue weighted by molar-refractivity contribution is 0.282. The first-order valence-electron chi connectivity index (χ1n) is 8.88. The van der Waals surface area contributed by atoms with Gasteiger partial charge in [0.15, 0.2) is 5.96 Å². The minimum Gasteiger partial charge on any atom is -0.459 e. The van der Waals surface area contributed by atoms with Crippen LogP contribution in [0.4, 0.5) is 0 Å². The van der Waals surface area contributed by atoms with Gasteiger partial charge in [0.2, 0.25) is 0 Å². The summed E-state index contributed by atoms with van der Waals surface area (Å²) in [4.78, 5) is 6.84. The highest BCUT2D eigenvalue weighted by Gasteiger charge is 2.27. The maximum absolute atomic E-state index is 5.94. The number of nitrogens with zero attached hydrogens (tertiary/aromatic N) is 2. The molecule has 0 bridgehead atoms. The zero-order chi connectivity index (χ0) is 16.9. The molecule has 6 heteroatoms. The van der Waals surface area contributed by atoms with Crippen molar-refractivity contribution in [3.05, 3.63) is 35.6 Å². The zero-order valence-corrected chi connectivity index (χ0v) is 17.7. The number of aryl methyl sites for hydroxylation is 1. The van der Waals surface area contributed by atoms with Gasteiger partial charge in [-0.2, -0.15) is 0 Å². The van der Waals surface area contributed by atoms with Crippen molar-refractivity contribution in [2.45, 2.75) is 39.3 Å². The topological polar surface area (TPSA) is 52.8 Å². The number of hydrogen-bond donors (Lipinski definition) is 2. The number of aliphatic imine (C=N–C) groups is 1. The van der Waals surface area contributed by atoms with E-state index in [1.807, 2.05) is 18.2 Å². The van der Waals surface area contributed by atoms with E-state index in [9.17, 15) is 0 Å². The average molecular weight is 456 g/mol. The fourth-order valence-electron chi connectivity index (χ4n) is 3.13. The van der Waals surface area contributed by atoms with Crippen molar-refractivity contribution in [2.24, 2.45) is 4.99 Å². The van der Waals surface area contributed by atoms with Crippen LogP contribution in [0.1, 0.15) is 31.1 Å². The molecule has 0 atom stereocenters. The molecule has 1 aliphatic rings. The van der Waals surface area contributed by atoms with Crippen LogP contribution in [0.5, 0.6) is 0 Å². The molecule has 1 heterocycles. The van der Waals surface area contributed by atoms with E-state index in [2.05, 4.69) is 40.4 Å². The highest BCUT2D eigenvalue weighted by atomic mass is 127. The maximum Gasteiger partial charge on any atom is 0.191 e. The summed E-state index contributed by atoms with van der Waals surface area (Å²) in [6.45, 7) is 8.06. The van der Waals surface area contributed by atoms with Crippen LogP contribution in [0.15, 0.2) is 33.7 Å². The molecule has 3 rings (SSSR count). The van der Waals surface area contributed by atoms with Gasteiger partial charge in [-0.25, -0.2) is 0 Å². The molecule has 2 N–H and O–H groups in total. The highest BCUT2D eigenvalue weighted by molar-refractivity contribution is 14.0. The summed E-state index contributed by atoms with van der Waals surface area (Å²) in [5, 5.41) is 7.93. The number of hydrogen-bond acceptors (Lipinski definition) is 3. The van der Waals surface area contributed by atoms with E-state index < -0.39 is 0 Å². The Hall–Kier alpha value is -1.28. The van der Waals surface area contributed by atoms with Gasteiger partial charge in [0.25, 0.3) is 0 Å². The number of halogens is 1. The predicted molar refractivity (Wildman–Crippen MR) is 115 cm³/mol. The SMILES string of the molecule is CCN(CCNC(=NC)NCc1oc2ccccc2c1C)C1CC1.I. The number of furan rings is 1. The van der Waals surface area contributed by atoms with Gasteiger partial charge in [-0.1, -0.05) is 25.1 Å². The number of nitrogens with one attached hydrogen (secondary N) is 2. The van der Waals surface area contributed by atoms with Crippen LogP contribution in [-0.2, 0) is 6.54 Å². The summed E-state index contributed by atoms with van der Waals surface area (Å²) < 4.78 is 5.94. The Labute approximate surface area is 167 Å². The van der Waals surface area contributed by atoms with Crippen molar-refractivity contribution in [1.29, 1.82) is 0 Å². The molecule has 1 aliphatic carbocycles. The lowest BCUT2D eigenvalue weighted by atomic mass is 10.1. The van der Waals surface area contributed by atoms with Crippen LogP contribution in [0, 0.1) is 6.92 Å². The van der Waals surface area contributed by atoms with E-state index in [-0.39, 0.29) is 24.0 Å².